The molecule has 0 amide bonds. The molecule has 0 aliphatic heterocycles. The molecule has 0 aliphatic rings. The van der Waals surface area contributed by atoms with Gasteiger partial charge in [0, 0.05) is 16.2 Å². The van der Waals surface area contributed by atoms with Crippen LogP contribution in [0.1, 0.15) is 22.7 Å². The molecular weight excluding hydrogens is 280 g/mol. The van der Waals surface area contributed by atoms with Gasteiger partial charge in [-0.05, 0) is 32.0 Å². The Balaban J connectivity index is 2.12. The van der Waals surface area contributed by atoms with Gasteiger partial charge in [-0.2, -0.15) is 0 Å². The Morgan fingerprint density at radius 2 is 1.76 bits per heavy atom. The lowest BCUT2D eigenvalue weighted by Crippen LogP contribution is -2.30. The molecule has 112 valence electrons. The summed E-state index contributed by atoms with van der Waals surface area (Å²) in [5.74, 6) is 7.46. The van der Waals surface area contributed by atoms with Crippen molar-refractivity contribution in [3.05, 3.63) is 59.2 Å². The average Bonchev–Trinajstić information content (AvgIpc) is 2.50. The molecule has 0 saturated heterocycles. The Morgan fingerprint density at radius 3 is 2.38 bits per heavy atom. The van der Waals surface area contributed by atoms with Gasteiger partial charge >= 0.3 is 0 Å². The summed E-state index contributed by atoms with van der Waals surface area (Å²) in [6, 6.07) is 14.7. The number of rotatable bonds is 6. The Morgan fingerprint density at radius 1 is 1.10 bits per heavy atom. The summed E-state index contributed by atoms with van der Waals surface area (Å²) >= 11 is 1.78. The largest absolute Gasteiger partial charge is 0.496 e. The predicted molar refractivity (Wildman–Crippen MR) is 89.7 cm³/mol. The number of aryl methyl sites for hydroxylation is 2. The van der Waals surface area contributed by atoms with Crippen molar-refractivity contribution >= 4 is 11.8 Å². The van der Waals surface area contributed by atoms with Crippen LogP contribution in [0.2, 0.25) is 0 Å². The van der Waals surface area contributed by atoms with Gasteiger partial charge < -0.3 is 4.74 Å². The molecule has 4 heteroatoms. The van der Waals surface area contributed by atoms with E-state index in [2.05, 4.69) is 49.6 Å². The number of hydrogen-bond acceptors (Lipinski definition) is 4. The lowest BCUT2D eigenvalue weighted by molar-refractivity contribution is 0.402. The van der Waals surface area contributed by atoms with E-state index in [4.69, 9.17) is 10.6 Å². The van der Waals surface area contributed by atoms with Crippen molar-refractivity contribution in [1.29, 1.82) is 0 Å². The number of methoxy groups -OCH3 is 1. The van der Waals surface area contributed by atoms with E-state index >= 15 is 0 Å². The van der Waals surface area contributed by atoms with Crippen LogP contribution in [0.4, 0.5) is 0 Å². The third-order valence-electron chi connectivity index (χ3n) is 3.40. The summed E-state index contributed by atoms with van der Waals surface area (Å²) in [6.45, 7) is 4.17. The molecule has 0 aromatic heterocycles. The minimum atomic E-state index is 0.0474. The molecule has 0 heterocycles. The first kappa shape index (κ1) is 15.9. The van der Waals surface area contributed by atoms with E-state index in [1.165, 1.54) is 16.0 Å². The van der Waals surface area contributed by atoms with Crippen molar-refractivity contribution in [1.82, 2.24) is 5.43 Å². The summed E-state index contributed by atoms with van der Waals surface area (Å²) < 4.78 is 5.45. The van der Waals surface area contributed by atoms with Crippen LogP contribution in [0.3, 0.4) is 0 Å². The molecule has 1 unspecified atom stereocenters. The molecule has 2 aromatic carbocycles. The lowest BCUT2D eigenvalue weighted by atomic mass is 10.0. The van der Waals surface area contributed by atoms with Crippen molar-refractivity contribution < 1.29 is 4.74 Å². The van der Waals surface area contributed by atoms with Gasteiger partial charge in [-0.15, -0.1) is 11.8 Å². The summed E-state index contributed by atoms with van der Waals surface area (Å²) in [7, 11) is 1.69. The molecule has 0 fully saturated rings. The van der Waals surface area contributed by atoms with Crippen LogP contribution in [-0.2, 0) is 0 Å². The van der Waals surface area contributed by atoms with E-state index in [9.17, 15) is 0 Å². The lowest BCUT2D eigenvalue weighted by Gasteiger charge is -2.19. The minimum absolute atomic E-state index is 0.0474. The van der Waals surface area contributed by atoms with Crippen LogP contribution >= 0.6 is 11.8 Å². The monoisotopic (exact) mass is 302 g/mol. The topological polar surface area (TPSA) is 47.3 Å². The summed E-state index contributed by atoms with van der Waals surface area (Å²) in [5.41, 5.74) is 6.47. The standard InChI is InChI=1S/C17H22N2OS/c1-12-4-7-14(8-5-12)21-11-16(19-18)15-10-13(2)6-9-17(15)20-3/h4-10,16,19H,11,18H2,1-3H3. The third kappa shape index (κ3) is 4.24. The Labute approximate surface area is 130 Å². The van der Waals surface area contributed by atoms with E-state index in [1.54, 1.807) is 18.9 Å². The van der Waals surface area contributed by atoms with Crippen LogP contribution < -0.4 is 16.0 Å². The highest BCUT2D eigenvalue weighted by atomic mass is 32.2. The molecule has 0 saturated carbocycles. The number of nitrogens with two attached hydrogens (primary N) is 1. The first-order valence-electron chi connectivity index (χ1n) is 6.94. The Kier molecular flexibility index (Phi) is 5.67. The summed E-state index contributed by atoms with van der Waals surface area (Å²) in [4.78, 5) is 1.24. The highest BCUT2D eigenvalue weighted by Crippen LogP contribution is 2.30. The molecular formula is C17H22N2OS. The predicted octanol–water partition coefficient (Wildman–Crippen LogP) is 3.61. The van der Waals surface area contributed by atoms with Crippen molar-refractivity contribution in [3.63, 3.8) is 0 Å². The SMILES string of the molecule is COc1ccc(C)cc1C(CSc1ccc(C)cc1)NN. The minimum Gasteiger partial charge on any atom is -0.496 e. The van der Waals surface area contributed by atoms with Gasteiger partial charge in [-0.1, -0.05) is 35.4 Å². The quantitative estimate of drug-likeness (QED) is 0.486. The van der Waals surface area contributed by atoms with Crippen LogP contribution in [0.25, 0.3) is 0 Å². The molecule has 3 nitrogen and oxygen atoms in total. The third-order valence-corrected chi connectivity index (χ3v) is 4.50. The number of nitrogens with one attached hydrogen (secondary N) is 1. The van der Waals surface area contributed by atoms with E-state index < -0.39 is 0 Å². The maximum atomic E-state index is 5.75. The van der Waals surface area contributed by atoms with Gasteiger partial charge in [0.1, 0.15) is 5.75 Å². The van der Waals surface area contributed by atoms with Gasteiger partial charge in [0.05, 0.1) is 13.2 Å². The van der Waals surface area contributed by atoms with Crippen LogP contribution in [0.15, 0.2) is 47.4 Å². The van der Waals surface area contributed by atoms with Gasteiger partial charge in [0.15, 0.2) is 0 Å². The van der Waals surface area contributed by atoms with E-state index in [-0.39, 0.29) is 6.04 Å². The Hall–Kier alpha value is -1.49. The van der Waals surface area contributed by atoms with Crippen molar-refractivity contribution in [2.75, 3.05) is 12.9 Å². The number of thioether (sulfide) groups is 1. The van der Waals surface area contributed by atoms with Gasteiger partial charge in [-0.25, -0.2) is 0 Å². The van der Waals surface area contributed by atoms with Gasteiger partial charge in [-0.3, -0.25) is 11.3 Å². The summed E-state index contributed by atoms with van der Waals surface area (Å²) in [6.07, 6.45) is 0. The number of hydrazine groups is 1. The van der Waals surface area contributed by atoms with Gasteiger partial charge in [0.25, 0.3) is 0 Å². The second kappa shape index (κ2) is 7.50. The van der Waals surface area contributed by atoms with Crippen LogP contribution in [0, 0.1) is 13.8 Å². The fourth-order valence-electron chi connectivity index (χ4n) is 2.17. The zero-order valence-electron chi connectivity index (χ0n) is 12.7. The van der Waals surface area contributed by atoms with Crippen LogP contribution in [0.5, 0.6) is 5.75 Å². The summed E-state index contributed by atoms with van der Waals surface area (Å²) in [5, 5.41) is 0. The molecule has 0 spiro atoms. The maximum absolute atomic E-state index is 5.75. The number of ether oxygens (including phenoxy) is 1. The molecule has 2 rings (SSSR count). The number of hydrogen-bond donors (Lipinski definition) is 2. The highest BCUT2D eigenvalue weighted by Gasteiger charge is 2.15. The zero-order valence-corrected chi connectivity index (χ0v) is 13.5. The fraction of sp³-hybridized carbons (Fsp3) is 0.294. The van der Waals surface area contributed by atoms with Crippen molar-refractivity contribution in [2.24, 2.45) is 5.84 Å². The fourth-order valence-corrected chi connectivity index (χ4v) is 3.13. The first-order chi connectivity index (χ1) is 10.1. The molecule has 0 bridgehead atoms. The second-order valence-electron chi connectivity index (χ2n) is 5.09. The molecule has 0 radical (unpaired) electrons. The molecule has 1 atom stereocenters. The second-order valence-corrected chi connectivity index (χ2v) is 6.18. The highest BCUT2D eigenvalue weighted by molar-refractivity contribution is 7.99. The van der Waals surface area contributed by atoms with Gasteiger partial charge in [0.2, 0.25) is 0 Å². The molecule has 21 heavy (non-hydrogen) atoms. The Bertz CT molecular complexity index is 584. The molecule has 2 aromatic rings. The molecule has 0 aliphatic carbocycles. The van der Waals surface area contributed by atoms with Crippen molar-refractivity contribution in [3.8, 4) is 5.75 Å². The van der Waals surface area contributed by atoms with E-state index in [0.29, 0.717) is 0 Å². The molecule has 3 N–H and O–H groups in total. The number of benzene rings is 2. The smallest absolute Gasteiger partial charge is 0.123 e. The normalized spacial score (nSPS) is 12.2. The average molecular weight is 302 g/mol. The first-order valence-corrected chi connectivity index (χ1v) is 7.92. The maximum Gasteiger partial charge on any atom is 0.123 e. The van der Waals surface area contributed by atoms with Crippen LogP contribution in [-0.4, -0.2) is 12.9 Å². The zero-order chi connectivity index (χ0) is 15.2. The van der Waals surface area contributed by atoms with Crippen molar-refractivity contribution in [2.45, 2.75) is 24.8 Å². The van der Waals surface area contributed by atoms with E-state index in [0.717, 1.165) is 17.1 Å². The van der Waals surface area contributed by atoms with E-state index in [1.807, 2.05) is 12.1 Å².